The molecular weight excluding hydrogens is 331 g/mol. The molecule has 0 spiro atoms. The summed E-state index contributed by atoms with van der Waals surface area (Å²) in [5.74, 6) is -0.530. The van der Waals surface area contributed by atoms with Crippen LogP contribution in [0.3, 0.4) is 0 Å². The zero-order valence-electron chi connectivity index (χ0n) is 11.4. The number of sulfone groups is 1. The van der Waals surface area contributed by atoms with Gasteiger partial charge in [0.1, 0.15) is 11.0 Å². The number of aryl methyl sites for hydroxylation is 1. The standard InChI is InChI=1S/C13H10ClFN4O2S/c1-2-19-12-10(7-16-19)11(14)17-13(18-12)22(20,21)9-5-3-8(15)4-6-9/h3-7H,2H2,1H3. The number of benzene rings is 1. The lowest BCUT2D eigenvalue weighted by atomic mass is 10.4. The van der Waals surface area contributed by atoms with Crippen molar-refractivity contribution in [3.63, 3.8) is 0 Å². The first-order valence-corrected chi connectivity index (χ1v) is 8.19. The Morgan fingerprint density at radius 1 is 1.23 bits per heavy atom. The Balaban J connectivity index is 2.22. The van der Waals surface area contributed by atoms with Gasteiger partial charge in [0.05, 0.1) is 16.5 Å². The van der Waals surface area contributed by atoms with E-state index in [-0.39, 0.29) is 10.0 Å². The Labute approximate surface area is 130 Å². The highest BCUT2D eigenvalue weighted by atomic mass is 35.5. The lowest BCUT2D eigenvalue weighted by molar-refractivity contribution is 0.585. The van der Waals surface area contributed by atoms with Crippen molar-refractivity contribution in [1.82, 2.24) is 19.7 Å². The third-order valence-electron chi connectivity index (χ3n) is 3.09. The van der Waals surface area contributed by atoms with Gasteiger partial charge in [0.15, 0.2) is 5.65 Å². The zero-order chi connectivity index (χ0) is 15.9. The number of hydrogen-bond donors (Lipinski definition) is 0. The molecule has 3 aromatic rings. The molecule has 0 aliphatic rings. The molecule has 0 N–H and O–H groups in total. The summed E-state index contributed by atoms with van der Waals surface area (Å²) >= 11 is 6.02. The molecule has 0 amide bonds. The fraction of sp³-hybridized carbons (Fsp3) is 0.154. The third kappa shape index (κ3) is 2.34. The summed E-state index contributed by atoms with van der Waals surface area (Å²) in [7, 11) is -3.99. The summed E-state index contributed by atoms with van der Waals surface area (Å²) in [5.41, 5.74) is 0.336. The first-order valence-electron chi connectivity index (χ1n) is 6.33. The molecule has 0 saturated heterocycles. The molecular formula is C13H10ClFN4O2S. The minimum atomic E-state index is -3.99. The molecule has 0 aliphatic carbocycles. The van der Waals surface area contributed by atoms with Crippen molar-refractivity contribution in [3.8, 4) is 0 Å². The lowest BCUT2D eigenvalue weighted by Gasteiger charge is -2.05. The summed E-state index contributed by atoms with van der Waals surface area (Å²) in [4.78, 5) is 7.79. The Bertz CT molecular complexity index is 954. The largest absolute Gasteiger partial charge is 0.255 e. The molecule has 1 aromatic carbocycles. The second-order valence-corrected chi connectivity index (χ2v) is 6.65. The van der Waals surface area contributed by atoms with Crippen LogP contribution in [0.2, 0.25) is 5.15 Å². The van der Waals surface area contributed by atoms with Crippen LogP contribution in [-0.2, 0) is 16.4 Å². The van der Waals surface area contributed by atoms with Gasteiger partial charge in [0.2, 0.25) is 9.84 Å². The summed E-state index contributed by atoms with van der Waals surface area (Å²) < 4.78 is 39.5. The highest BCUT2D eigenvalue weighted by molar-refractivity contribution is 7.91. The number of rotatable bonds is 3. The summed E-state index contributed by atoms with van der Waals surface area (Å²) in [5, 5.41) is 4.11. The zero-order valence-corrected chi connectivity index (χ0v) is 12.9. The van der Waals surface area contributed by atoms with Crippen LogP contribution >= 0.6 is 11.6 Å². The first-order chi connectivity index (χ1) is 10.4. The molecule has 2 aromatic heterocycles. The van der Waals surface area contributed by atoms with E-state index in [0.717, 1.165) is 24.3 Å². The maximum absolute atomic E-state index is 12.9. The van der Waals surface area contributed by atoms with Crippen molar-refractivity contribution in [2.45, 2.75) is 23.5 Å². The smallest absolute Gasteiger partial charge is 0.247 e. The van der Waals surface area contributed by atoms with Crippen molar-refractivity contribution in [3.05, 3.63) is 41.4 Å². The Morgan fingerprint density at radius 2 is 1.91 bits per heavy atom. The second kappa shape index (κ2) is 5.29. The number of aromatic nitrogens is 4. The molecule has 0 fully saturated rings. The molecule has 22 heavy (non-hydrogen) atoms. The molecule has 0 atom stereocenters. The summed E-state index contributed by atoms with van der Waals surface area (Å²) in [6.07, 6.45) is 1.48. The molecule has 0 unspecified atom stereocenters. The van der Waals surface area contributed by atoms with E-state index in [4.69, 9.17) is 11.6 Å². The molecule has 0 aliphatic heterocycles. The van der Waals surface area contributed by atoms with Gasteiger partial charge >= 0.3 is 0 Å². The van der Waals surface area contributed by atoms with Crippen molar-refractivity contribution < 1.29 is 12.8 Å². The molecule has 0 bridgehead atoms. The minimum absolute atomic E-state index is 0.00499. The van der Waals surface area contributed by atoms with Crippen LogP contribution < -0.4 is 0 Å². The maximum atomic E-state index is 12.9. The van der Waals surface area contributed by atoms with Gasteiger partial charge in [-0.1, -0.05) is 11.6 Å². The minimum Gasteiger partial charge on any atom is -0.247 e. The van der Waals surface area contributed by atoms with Crippen molar-refractivity contribution >= 4 is 32.5 Å². The van der Waals surface area contributed by atoms with E-state index in [1.807, 2.05) is 6.92 Å². The van der Waals surface area contributed by atoms with Gasteiger partial charge in [-0.15, -0.1) is 0 Å². The molecule has 0 radical (unpaired) electrons. The van der Waals surface area contributed by atoms with Crippen LogP contribution in [0, 0.1) is 5.82 Å². The van der Waals surface area contributed by atoms with Crippen molar-refractivity contribution in [2.75, 3.05) is 0 Å². The van der Waals surface area contributed by atoms with Crippen LogP contribution in [0.25, 0.3) is 11.0 Å². The Kier molecular flexibility index (Phi) is 3.57. The van der Waals surface area contributed by atoms with Crippen molar-refractivity contribution in [2.24, 2.45) is 0 Å². The van der Waals surface area contributed by atoms with E-state index in [2.05, 4.69) is 15.1 Å². The maximum Gasteiger partial charge on any atom is 0.255 e. The fourth-order valence-electron chi connectivity index (χ4n) is 1.97. The second-order valence-electron chi connectivity index (χ2n) is 4.45. The predicted octanol–water partition coefficient (Wildman–Crippen LogP) is 2.47. The van der Waals surface area contributed by atoms with Crippen LogP contribution in [0.4, 0.5) is 4.39 Å². The normalized spacial score (nSPS) is 12.0. The molecule has 2 heterocycles. The predicted molar refractivity (Wildman–Crippen MR) is 77.9 cm³/mol. The van der Waals surface area contributed by atoms with E-state index in [0.29, 0.717) is 17.6 Å². The Hall–Kier alpha value is -2.06. The van der Waals surface area contributed by atoms with E-state index < -0.39 is 20.8 Å². The van der Waals surface area contributed by atoms with Gasteiger partial charge in [-0.25, -0.2) is 22.5 Å². The van der Waals surface area contributed by atoms with E-state index in [1.54, 1.807) is 0 Å². The number of halogens is 2. The van der Waals surface area contributed by atoms with Gasteiger partial charge < -0.3 is 0 Å². The number of hydrogen-bond acceptors (Lipinski definition) is 5. The first kappa shape index (κ1) is 14.9. The van der Waals surface area contributed by atoms with E-state index in [9.17, 15) is 12.8 Å². The average molecular weight is 341 g/mol. The molecule has 9 heteroatoms. The van der Waals surface area contributed by atoms with E-state index >= 15 is 0 Å². The van der Waals surface area contributed by atoms with Crippen LogP contribution in [0.15, 0.2) is 40.5 Å². The summed E-state index contributed by atoms with van der Waals surface area (Å²) in [6, 6.07) is 4.43. The van der Waals surface area contributed by atoms with E-state index in [1.165, 1.54) is 10.9 Å². The van der Waals surface area contributed by atoms with Crippen molar-refractivity contribution in [1.29, 1.82) is 0 Å². The molecule has 0 saturated carbocycles. The summed E-state index contributed by atoms with van der Waals surface area (Å²) in [6.45, 7) is 2.35. The molecule has 3 rings (SSSR count). The fourth-order valence-corrected chi connectivity index (χ4v) is 3.36. The van der Waals surface area contributed by atoms with Gasteiger partial charge in [-0.3, -0.25) is 0 Å². The van der Waals surface area contributed by atoms with Gasteiger partial charge in [-0.05, 0) is 31.2 Å². The van der Waals surface area contributed by atoms with Gasteiger partial charge in [-0.2, -0.15) is 10.1 Å². The van der Waals surface area contributed by atoms with Crippen LogP contribution in [0.5, 0.6) is 0 Å². The average Bonchev–Trinajstić information content (AvgIpc) is 2.91. The van der Waals surface area contributed by atoms with Crippen LogP contribution in [0.1, 0.15) is 6.92 Å². The lowest BCUT2D eigenvalue weighted by Crippen LogP contribution is -2.09. The SMILES string of the molecule is CCn1ncc2c(Cl)nc(S(=O)(=O)c3ccc(F)cc3)nc21. The molecule has 114 valence electrons. The number of nitrogens with zero attached hydrogens (tertiary/aromatic N) is 4. The third-order valence-corrected chi connectivity index (χ3v) is 4.94. The molecule has 6 nitrogen and oxygen atoms in total. The quantitative estimate of drug-likeness (QED) is 0.416. The Morgan fingerprint density at radius 3 is 2.55 bits per heavy atom. The van der Waals surface area contributed by atoms with Crippen LogP contribution in [-0.4, -0.2) is 28.2 Å². The monoisotopic (exact) mass is 340 g/mol. The van der Waals surface area contributed by atoms with Gasteiger partial charge in [0, 0.05) is 6.54 Å². The highest BCUT2D eigenvalue weighted by Crippen LogP contribution is 2.25. The van der Waals surface area contributed by atoms with Gasteiger partial charge in [0.25, 0.3) is 5.16 Å². The number of fused-ring (bicyclic) bond motifs is 1. The topological polar surface area (TPSA) is 77.7 Å². The highest BCUT2D eigenvalue weighted by Gasteiger charge is 2.24.